The minimum atomic E-state index is -0.970. The summed E-state index contributed by atoms with van der Waals surface area (Å²) < 4.78 is 18.3. The van der Waals surface area contributed by atoms with Gasteiger partial charge in [-0.15, -0.1) is 0 Å². The van der Waals surface area contributed by atoms with Crippen molar-refractivity contribution >= 4 is 40.2 Å². The molecule has 1 atom stereocenters. The number of nitrogens with one attached hydrogen (secondary N) is 3. The predicted octanol–water partition coefficient (Wildman–Crippen LogP) is 5.81. The smallest absolute Gasteiger partial charge is 0.326 e. The fraction of sp³-hybridized carbons (Fsp3) is 0.214. The Balaban J connectivity index is 1.24. The van der Waals surface area contributed by atoms with Crippen molar-refractivity contribution in [3.8, 4) is 11.4 Å². The first-order valence-electron chi connectivity index (χ1n) is 12.3. The Hall–Kier alpha value is -4.31. The molecule has 2 aromatic heterocycles. The first-order valence-corrected chi connectivity index (χ1v) is 13.1. The largest absolute Gasteiger partial charge is 0.480 e. The van der Waals surface area contributed by atoms with Gasteiger partial charge in [-0.1, -0.05) is 43.3 Å². The van der Waals surface area contributed by atoms with E-state index in [4.69, 9.17) is 0 Å². The molecule has 2 heterocycles. The van der Waals surface area contributed by atoms with Crippen LogP contribution in [0.3, 0.4) is 0 Å². The lowest BCUT2D eigenvalue weighted by Crippen LogP contribution is -2.32. The fourth-order valence-corrected chi connectivity index (χ4v) is 4.94. The molecule has 0 saturated heterocycles. The molecule has 0 fully saturated rings. The number of H-pyrrole nitrogens is 1. The van der Waals surface area contributed by atoms with Crippen molar-refractivity contribution in [3.05, 3.63) is 88.2 Å². The molecule has 8 nitrogen and oxygen atoms in total. The number of aliphatic carboxylic acids is 1. The highest BCUT2D eigenvalue weighted by atomic mass is 32.1. The summed E-state index contributed by atoms with van der Waals surface area (Å²) >= 11 is 1.32. The molecule has 5 rings (SSSR count). The second kappa shape index (κ2) is 11.0. The van der Waals surface area contributed by atoms with Gasteiger partial charge in [0.25, 0.3) is 0 Å². The molecule has 0 spiro atoms. The Kier molecular flexibility index (Phi) is 7.32. The van der Waals surface area contributed by atoms with Crippen LogP contribution in [0.2, 0.25) is 0 Å². The molecule has 0 radical (unpaired) electrons. The normalized spacial score (nSPS) is 12.0. The van der Waals surface area contributed by atoms with Crippen LogP contribution >= 0.6 is 11.5 Å². The number of fused-ring (bicyclic) bond motifs is 1. The van der Waals surface area contributed by atoms with Gasteiger partial charge in [-0.05, 0) is 65.8 Å². The van der Waals surface area contributed by atoms with E-state index in [1.165, 1.54) is 23.7 Å². The molecule has 0 aliphatic carbocycles. The highest BCUT2D eigenvalue weighted by Crippen LogP contribution is 2.25. The van der Waals surface area contributed by atoms with Crippen molar-refractivity contribution in [2.24, 2.45) is 0 Å². The van der Waals surface area contributed by atoms with E-state index in [2.05, 4.69) is 30.0 Å². The monoisotopic (exact) mass is 530 g/mol. The number of carboxylic acid groups (broad SMARTS) is 1. The molecule has 0 saturated carbocycles. The molecule has 5 aromatic rings. The topological polar surface area (TPSA) is 116 Å². The minimum absolute atomic E-state index is 0.271. The van der Waals surface area contributed by atoms with Gasteiger partial charge in [-0.2, -0.15) is 4.37 Å². The number of aromatic amines is 1. The van der Waals surface area contributed by atoms with Gasteiger partial charge in [0.15, 0.2) is 5.82 Å². The molecule has 0 amide bonds. The summed E-state index contributed by atoms with van der Waals surface area (Å²) in [5.74, 6) is 0.000252. The fourth-order valence-electron chi connectivity index (χ4n) is 4.34. The molecular weight excluding hydrogens is 503 g/mol. The summed E-state index contributed by atoms with van der Waals surface area (Å²) in [7, 11) is 0. The van der Waals surface area contributed by atoms with Crippen molar-refractivity contribution in [1.82, 2.24) is 19.3 Å². The number of benzene rings is 3. The Morgan fingerprint density at radius 3 is 2.66 bits per heavy atom. The second-order valence-corrected chi connectivity index (χ2v) is 9.85. The maximum Gasteiger partial charge on any atom is 0.326 e. The van der Waals surface area contributed by atoms with Gasteiger partial charge in [0.2, 0.25) is 5.95 Å². The van der Waals surface area contributed by atoms with E-state index in [9.17, 15) is 14.3 Å². The van der Waals surface area contributed by atoms with Crippen LogP contribution in [-0.2, 0) is 24.2 Å². The second-order valence-electron chi connectivity index (χ2n) is 9.01. The number of aryl methyl sites for hydroxylation is 2. The van der Waals surface area contributed by atoms with Gasteiger partial charge in [0.05, 0.1) is 17.6 Å². The van der Waals surface area contributed by atoms with E-state index < -0.39 is 12.0 Å². The Morgan fingerprint density at radius 1 is 1.13 bits per heavy atom. The molecule has 0 aliphatic heterocycles. The standard InChI is InChI=1S/C28H27FN6O2S/c1-3-18-14-20(29)12-16(2)25(18)31-23(27(36)37)13-17-8-10-19(11-9-17)26-34-24(38-35-26)15-30-28-32-21-6-4-5-7-22(21)33-28/h4-12,14,23,31H,3,13,15H2,1-2H3,(H,36,37)(H2,30,32,33). The highest BCUT2D eigenvalue weighted by molar-refractivity contribution is 7.05. The first-order chi connectivity index (χ1) is 18.4. The van der Waals surface area contributed by atoms with E-state index in [-0.39, 0.29) is 12.2 Å². The third kappa shape index (κ3) is 5.65. The third-order valence-electron chi connectivity index (χ3n) is 6.30. The number of hydrogen-bond donors (Lipinski definition) is 4. The van der Waals surface area contributed by atoms with Crippen molar-refractivity contribution in [2.75, 3.05) is 10.6 Å². The lowest BCUT2D eigenvalue weighted by Gasteiger charge is -2.20. The zero-order valence-electron chi connectivity index (χ0n) is 21.0. The number of nitrogens with zero attached hydrogens (tertiary/aromatic N) is 3. The average Bonchev–Trinajstić information content (AvgIpc) is 3.55. The molecule has 0 aliphatic rings. The highest BCUT2D eigenvalue weighted by Gasteiger charge is 2.21. The van der Waals surface area contributed by atoms with Crippen LogP contribution in [0.4, 0.5) is 16.0 Å². The quantitative estimate of drug-likeness (QED) is 0.180. The number of hydrogen-bond acceptors (Lipinski definition) is 7. The van der Waals surface area contributed by atoms with Gasteiger partial charge in [0.1, 0.15) is 16.9 Å². The Morgan fingerprint density at radius 2 is 1.92 bits per heavy atom. The molecule has 3 aromatic carbocycles. The van der Waals surface area contributed by atoms with Crippen molar-refractivity contribution in [1.29, 1.82) is 0 Å². The molecule has 194 valence electrons. The van der Waals surface area contributed by atoms with Crippen LogP contribution in [-0.4, -0.2) is 36.4 Å². The number of imidazole rings is 1. The lowest BCUT2D eigenvalue weighted by molar-refractivity contribution is -0.137. The van der Waals surface area contributed by atoms with Crippen LogP contribution in [0.5, 0.6) is 0 Å². The van der Waals surface area contributed by atoms with Crippen LogP contribution in [0.1, 0.15) is 28.6 Å². The first kappa shape index (κ1) is 25.3. The SMILES string of the molecule is CCc1cc(F)cc(C)c1NC(Cc1ccc(-c2nsc(CNc3nc4ccccc4[nH]3)n2)cc1)C(=O)O. The van der Waals surface area contributed by atoms with Gasteiger partial charge >= 0.3 is 5.97 Å². The van der Waals surface area contributed by atoms with Gasteiger partial charge in [0, 0.05) is 17.7 Å². The van der Waals surface area contributed by atoms with E-state index in [0.717, 1.165) is 32.7 Å². The number of para-hydroxylation sites is 2. The molecule has 0 bridgehead atoms. The summed E-state index contributed by atoms with van der Waals surface area (Å²) in [6, 6.07) is 17.4. The Labute approximate surface area is 223 Å². The predicted molar refractivity (Wildman–Crippen MR) is 148 cm³/mol. The molecule has 1 unspecified atom stereocenters. The van der Waals surface area contributed by atoms with E-state index in [1.807, 2.05) is 55.5 Å². The number of rotatable bonds is 10. The lowest BCUT2D eigenvalue weighted by atomic mass is 10.0. The number of carbonyl (C=O) groups is 1. The maximum absolute atomic E-state index is 13.8. The number of anilines is 2. The van der Waals surface area contributed by atoms with Gasteiger partial charge in [-0.3, -0.25) is 0 Å². The van der Waals surface area contributed by atoms with Crippen LogP contribution in [0, 0.1) is 12.7 Å². The van der Waals surface area contributed by atoms with Crippen molar-refractivity contribution < 1.29 is 14.3 Å². The van der Waals surface area contributed by atoms with Crippen LogP contribution < -0.4 is 10.6 Å². The van der Waals surface area contributed by atoms with Crippen LogP contribution in [0.25, 0.3) is 22.4 Å². The van der Waals surface area contributed by atoms with Crippen molar-refractivity contribution in [2.45, 2.75) is 39.3 Å². The molecule has 38 heavy (non-hydrogen) atoms. The number of halogens is 1. The maximum atomic E-state index is 13.8. The van der Waals surface area contributed by atoms with Gasteiger partial charge in [-0.25, -0.2) is 19.2 Å². The number of carboxylic acids is 1. The molecule has 4 N–H and O–H groups in total. The van der Waals surface area contributed by atoms with E-state index >= 15 is 0 Å². The summed E-state index contributed by atoms with van der Waals surface area (Å²) in [6.07, 6.45) is 0.866. The van der Waals surface area contributed by atoms with Gasteiger partial charge < -0.3 is 20.7 Å². The summed E-state index contributed by atoms with van der Waals surface area (Å²) in [6.45, 7) is 4.18. The van der Waals surface area contributed by atoms with E-state index in [1.54, 1.807) is 6.92 Å². The summed E-state index contributed by atoms with van der Waals surface area (Å²) in [4.78, 5) is 24.4. The zero-order valence-corrected chi connectivity index (χ0v) is 21.8. The van der Waals surface area contributed by atoms with E-state index in [0.29, 0.717) is 36.0 Å². The zero-order chi connectivity index (χ0) is 26.6. The third-order valence-corrected chi connectivity index (χ3v) is 7.01. The summed E-state index contributed by atoms with van der Waals surface area (Å²) in [5.41, 5.74) is 5.68. The minimum Gasteiger partial charge on any atom is -0.480 e. The summed E-state index contributed by atoms with van der Waals surface area (Å²) in [5, 5.41) is 17.0. The van der Waals surface area contributed by atoms with Crippen LogP contribution in [0.15, 0.2) is 60.7 Å². The number of aromatic nitrogens is 4. The average molecular weight is 531 g/mol. The molecule has 10 heteroatoms. The Bertz CT molecular complexity index is 1550. The molecular formula is C28H27FN6O2S. The van der Waals surface area contributed by atoms with Crippen molar-refractivity contribution in [3.63, 3.8) is 0 Å².